The summed E-state index contributed by atoms with van der Waals surface area (Å²) in [5, 5.41) is 3.80. The van der Waals surface area contributed by atoms with Crippen LogP contribution in [0.3, 0.4) is 0 Å². The van der Waals surface area contributed by atoms with Crippen molar-refractivity contribution < 1.29 is 0 Å². The van der Waals surface area contributed by atoms with E-state index in [4.69, 9.17) is 0 Å². The maximum absolute atomic E-state index is 3.80. The molecule has 1 N–H and O–H groups in total. The van der Waals surface area contributed by atoms with Crippen LogP contribution in [0.15, 0.2) is 0 Å². The Hall–Kier alpha value is -0.0800. The lowest BCUT2D eigenvalue weighted by molar-refractivity contribution is 0.186. The highest BCUT2D eigenvalue weighted by molar-refractivity contribution is 4.99. The molecule has 1 aliphatic heterocycles. The Morgan fingerprint density at radius 2 is 1.88 bits per heavy atom. The van der Waals surface area contributed by atoms with Crippen molar-refractivity contribution >= 4 is 0 Å². The molecule has 1 heterocycles. The fourth-order valence-corrected chi connectivity index (χ4v) is 3.30. The highest BCUT2D eigenvalue weighted by Crippen LogP contribution is 2.51. The van der Waals surface area contributed by atoms with Gasteiger partial charge in [0.1, 0.15) is 0 Å². The van der Waals surface area contributed by atoms with Crippen LogP contribution in [0.25, 0.3) is 0 Å². The third-order valence-corrected chi connectivity index (χ3v) is 5.23. The minimum Gasteiger partial charge on any atom is -0.310 e. The number of nitrogens with zero attached hydrogens (tertiary/aromatic N) is 1. The quantitative estimate of drug-likeness (QED) is 0.810. The average molecular weight is 238 g/mol. The van der Waals surface area contributed by atoms with Gasteiger partial charge < -0.3 is 10.2 Å². The average Bonchev–Trinajstić information content (AvgIpc) is 2.96. The van der Waals surface area contributed by atoms with Crippen LogP contribution in [0, 0.1) is 11.3 Å². The van der Waals surface area contributed by atoms with E-state index < -0.39 is 0 Å². The van der Waals surface area contributed by atoms with Crippen molar-refractivity contribution in [2.45, 2.75) is 58.9 Å². The highest BCUT2D eigenvalue weighted by atomic mass is 15.2. The van der Waals surface area contributed by atoms with E-state index >= 15 is 0 Å². The zero-order valence-corrected chi connectivity index (χ0v) is 12.2. The van der Waals surface area contributed by atoms with Crippen molar-refractivity contribution in [3.63, 3.8) is 0 Å². The van der Waals surface area contributed by atoms with Gasteiger partial charge in [-0.15, -0.1) is 0 Å². The van der Waals surface area contributed by atoms with E-state index in [9.17, 15) is 0 Å². The van der Waals surface area contributed by atoms with Gasteiger partial charge in [0.15, 0.2) is 0 Å². The van der Waals surface area contributed by atoms with Crippen LogP contribution in [-0.4, -0.2) is 36.6 Å². The highest BCUT2D eigenvalue weighted by Gasteiger charge is 2.46. The van der Waals surface area contributed by atoms with Crippen molar-refractivity contribution in [1.29, 1.82) is 0 Å². The van der Waals surface area contributed by atoms with E-state index in [1.165, 1.54) is 51.9 Å². The third-order valence-electron chi connectivity index (χ3n) is 5.23. The van der Waals surface area contributed by atoms with Gasteiger partial charge in [-0.3, -0.25) is 0 Å². The van der Waals surface area contributed by atoms with Gasteiger partial charge in [0.05, 0.1) is 0 Å². The summed E-state index contributed by atoms with van der Waals surface area (Å²) in [5.41, 5.74) is 1.01. The maximum atomic E-state index is 3.80. The molecule has 1 unspecified atom stereocenters. The van der Waals surface area contributed by atoms with Gasteiger partial charge in [0, 0.05) is 18.6 Å². The normalized spacial score (nSPS) is 32.1. The van der Waals surface area contributed by atoms with Crippen LogP contribution in [0.1, 0.15) is 53.4 Å². The first-order valence-electron chi connectivity index (χ1n) is 7.49. The Morgan fingerprint density at radius 3 is 2.41 bits per heavy atom. The standard InChI is InChI=1S/C15H30N2/c1-5-15(6-2)12-17(9-7-8-16-15)11-13-10-14(13,3)4/h13,16H,5-12H2,1-4H3. The zero-order chi connectivity index (χ0) is 12.5. The predicted molar refractivity (Wildman–Crippen MR) is 74.3 cm³/mol. The molecular weight excluding hydrogens is 208 g/mol. The SMILES string of the molecule is CCC1(CC)CN(CC2CC2(C)C)CCCN1. The summed E-state index contributed by atoms with van der Waals surface area (Å²) in [4.78, 5) is 2.73. The number of rotatable bonds is 4. The molecule has 2 nitrogen and oxygen atoms in total. The molecule has 2 rings (SSSR count). The van der Waals surface area contributed by atoms with Gasteiger partial charge in [-0.2, -0.15) is 0 Å². The second-order valence-corrected chi connectivity index (χ2v) is 6.89. The summed E-state index contributed by atoms with van der Waals surface area (Å²) >= 11 is 0. The predicted octanol–water partition coefficient (Wildman–Crippen LogP) is 2.89. The third kappa shape index (κ3) is 3.03. The Kier molecular flexibility index (Phi) is 3.84. The molecule has 0 aromatic rings. The first-order valence-corrected chi connectivity index (χ1v) is 7.49. The van der Waals surface area contributed by atoms with Crippen LogP contribution in [-0.2, 0) is 0 Å². The van der Waals surface area contributed by atoms with E-state index in [2.05, 4.69) is 37.9 Å². The van der Waals surface area contributed by atoms with E-state index in [0.29, 0.717) is 11.0 Å². The van der Waals surface area contributed by atoms with Crippen LogP contribution >= 0.6 is 0 Å². The summed E-state index contributed by atoms with van der Waals surface area (Å²) in [7, 11) is 0. The first-order chi connectivity index (χ1) is 8.01. The summed E-state index contributed by atoms with van der Waals surface area (Å²) in [5.74, 6) is 0.951. The van der Waals surface area contributed by atoms with E-state index in [1.54, 1.807) is 0 Å². The lowest BCUT2D eigenvalue weighted by atomic mass is 9.92. The topological polar surface area (TPSA) is 15.3 Å². The Morgan fingerprint density at radius 1 is 1.24 bits per heavy atom. The van der Waals surface area contributed by atoms with Gasteiger partial charge in [-0.25, -0.2) is 0 Å². The molecule has 1 atom stereocenters. The molecule has 0 spiro atoms. The fourth-order valence-electron chi connectivity index (χ4n) is 3.30. The van der Waals surface area contributed by atoms with Gasteiger partial charge in [0.2, 0.25) is 0 Å². The van der Waals surface area contributed by atoms with Crippen LogP contribution < -0.4 is 5.32 Å². The molecule has 1 aliphatic carbocycles. The van der Waals surface area contributed by atoms with Crippen molar-refractivity contribution in [2.75, 3.05) is 26.2 Å². The molecule has 100 valence electrons. The summed E-state index contributed by atoms with van der Waals surface area (Å²) in [6.07, 6.45) is 5.26. The molecule has 0 radical (unpaired) electrons. The molecule has 0 bridgehead atoms. The lowest BCUT2D eigenvalue weighted by Crippen LogP contribution is -2.51. The maximum Gasteiger partial charge on any atom is 0.0303 e. The van der Waals surface area contributed by atoms with Gasteiger partial charge in [0.25, 0.3) is 0 Å². The van der Waals surface area contributed by atoms with Gasteiger partial charge in [-0.1, -0.05) is 27.7 Å². The van der Waals surface area contributed by atoms with Crippen molar-refractivity contribution in [3.05, 3.63) is 0 Å². The molecular formula is C15H30N2. The van der Waals surface area contributed by atoms with Crippen molar-refractivity contribution in [1.82, 2.24) is 10.2 Å². The van der Waals surface area contributed by atoms with Crippen LogP contribution in [0.5, 0.6) is 0 Å². The van der Waals surface area contributed by atoms with Crippen LogP contribution in [0.4, 0.5) is 0 Å². The molecule has 0 amide bonds. The summed E-state index contributed by atoms with van der Waals surface area (Å²) in [6, 6.07) is 0. The van der Waals surface area contributed by atoms with Gasteiger partial charge >= 0.3 is 0 Å². The van der Waals surface area contributed by atoms with E-state index in [0.717, 1.165) is 5.92 Å². The fraction of sp³-hybridized carbons (Fsp3) is 1.00. The largest absolute Gasteiger partial charge is 0.310 e. The molecule has 1 saturated heterocycles. The number of hydrogen-bond donors (Lipinski definition) is 1. The minimum atomic E-state index is 0.384. The van der Waals surface area contributed by atoms with Gasteiger partial charge in [-0.05, 0) is 50.1 Å². The number of hydrogen-bond acceptors (Lipinski definition) is 2. The molecule has 2 fully saturated rings. The zero-order valence-electron chi connectivity index (χ0n) is 12.2. The first kappa shape index (κ1) is 13.4. The second kappa shape index (κ2) is 4.89. The smallest absolute Gasteiger partial charge is 0.0303 e. The molecule has 17 heavy (non-hydrogen) atoms. The van der Waals surface area contributed by atoms with E-state index in [1.807, 2.05) is 0 Å². The van der Waals surface area contributed by atoms with E-state index in [-0.39, 0.29) is 0 Å². The monoisotopic (exact) mass is 238 g/mol. The Bertz CT molecular complexity index is 256. The Labute approximate surface area is 107 Å². The molecule has 0 aromatic heterocycles. The van der Waals surface area contributed by atoms with Crippen LogP contribution in [0.2, 0.25) is 0 Å². The molecule has 2 heteroatoms. The lowest BCUT2D eigenvalue weighted by Gasteiger charge is -2.35. The number of nitrogens with one attached hydrogen (secondary N) is 1. The summed E-state index contributed by atoms with van der Waals surface area (Å²) < 4.78 is 0. The summed E-state index contributed by atoms with van der Waals surface area (Å²) in [6.45, 7) is 14.6. The molecule has 1 saturated carbocycles. The minimum absolute atomic E-state index is 0.384. The molecule has 2 aliphatic rings. The Balaban J connectivity index is 1.93. The van der Waals surface area contributed by atoms with Crippen molar-refractivity contribution in [2.24, 2.45) is 11.3 Å². The second-order valence-electron chi connectivity index (χ2n) is 6.89. The van der Waals surface area contributed by atoms with Crippen molar-refractivity contribution in [3.8, 4) is 0 Å². The molecule has 0 aromatic carbocycles.